The number of benzene rings is 2. The number of nitriles is 1. The van der Waals surface area contributed by atoms with E-state index in [-0.39, 0.29) is 30.5 Å². The number of rotatable bonds is 5. The molecule has 0 fully saturated rings. The van der Waals surface area contributed by atoms with Crippen molar-refractivity contribution in [1.29, 1.82) is 5.26 Å². The fourth-order valence-electron chi connectivity index (χ4n) is 4.25. The first kappa shape index (κ1) is 20.2. The third-order valence-electron chi connectivity index (χ3n) is 5.55. The lowest BCUT2D eigenvalue weighted by atomic mass is 9.83. The summed E-state index contributed by atoms with van der Waals surface area (Å²) in [6, 6.07) is 17.9. The quantitative estimate of drug-likeness (QED) is 0.741. The number of carbonyl (C=O) groups is 3. The van der Waals surface area contributed by atoms with Crippen molar-refractivity contribution >= 4 is 17.8 Å². The lowest BCUT2D eigenvalue weighted by Crippen LogP contribution is -2.52. The maximum absolute atomic E-state index is 13.8. The van der Waals surface area contributed by atoms with Gasteiger partial charge >= 0.3 is 5.97 Å². The lowest BCUT2D eigenvalue weighted by Gasteiger charge is -2.34. The van der Waals surface area contributed by atoms with Gasteiger partial charge in [0.2, 0.25) is 0 Å². The molecule has 2 aromatic rings. The molecule has 0 saturated heterocycles. The van der Waals surface area contributed by atoms with Crippen molar-refractivity contribution in [1.82, 2.24) is 9.80 Å². The Labute approximate surface area is 179 Å². The van der Waals surface area contributed by atoms with Crippen molar-refractivity contribution in [3.63, 3.8) is 0 Å². The SMILES string of the molecule is CCOC(=O)CN1C(=O)[C@]2(C(C#N)=C1N)c1ccccc1C(=O)N2Cc1ccccc1. The Morgan fingerprint density at radius 2 is 1.81 bits per heavy atom. The van der Waals surface area contributed by atoms with Crippen LogP contribution in [0.3, 0.4) is 0 Å². The van der Waals surface area contributed by atoms with Crippen LogP contribution in [0.4, 0.5) is 0 Å². The summed E-state index contributed by atoms with van der Waals surface area (Å²) >= 11 is 0. The Kier molecular flexibility index (Phi) is 4.95. The van der Waals surface area contributed by atoms with Gasteiger partial charge < -0.3 is 15.4 Å². The van der Waals surface area contributed by atoms with E-state index in [9.17, 15) is 19.6 Å². The van der Waals surface area contributed by atoms with E-state index in [1.54, 1.807) is 31.2 Å². The predicted molar refractivity (Wildman–Crippen MR) is 110 cm³/mol. The minimum atomic E-state index is -1.73. The largest absolute Gasteiger partial charge is 0.465 e. The van der Waals surface area contributed by atoms with Crippen molar-refractivity contribution in [3.8, 4) is 6.07 Å². The number of nitrogens with zero attached hydrogens (tertiary/aromatic N) is 3. The van der Waals surface area contributed by atoms with Gasteiger partial charge in [-0.15, -0.1) is 0 Å². The van der Waals surface area contributed by atoms with Crippen LogP contribution in [0.2, 0.25) is 0 Å². The molecule has 0 aliphatic carbocycles. The number of carbonyl (C=O) groups excluding carboxylic acids is 3. The molecule has 2 amide bonds. The zero-order chi connectivity index (χ0) is 22.2. The van der Waals surface area contributed by atoms with Gasteiger partial charge in [-0.25, -0.2) is 0 Å². The maximum atomic E-state index is 13.8. The van der Waals surface area contributed by atoms with Crippen LogP contribution in [0, 0.1) is 11.3 Å². The van der Waals surface area contributed by atoms with Crippen molar-refractivity contribution in [2.45, 2.75) is 19.0 Å². The Morgan fingerprint density at radius 1 is 1.13 bits per heavy atom. The Balaban J connectivity index is 1.89. The van der Waals surface area contributed by atoms with E-state index in [4.69, 9.17) is 10.5 Å². The van der Waals surface area contributed by atoms with E-state index in [0.717, 1.165) is 10.5 Å². The molecule has 2 N–H and O–H groups in total. The summed E-state index contributed by atoms with van der Waals surface area (Å²) in [6.07, 6.45) is 0. The first-order valence-electron chi connectivity index (χ1n) is 9.80. The third kappa shape index (κ3) is 2.86. The molecule has 1 atom stereocenters. The van der Waals surface area contributed by atoms with E-state index in [2.05, 4.69) is 0 Å². The zero-order valence-corrected chi connectivity index (χ0v) is 16.9. The van der Waals surface area contributed by atoms with E-state index in [1.807, 2.05) is 36.4 Å². The normalized spacial score (nSPS) is 19.7. The van der Waals surface area contributed by atoms with Crippen molar-refractivity contribution in [3.05, 3.63) is 82.7 Å². The number of fused-ring (bicyclic) bond motifs is 2. The molecule has 31 heavy (non-hydrogen) atoms. The minimum Gasteiger partial charge on any atom is -0.465 e. The van der Waals surface area contributed by atoms with Crippen LogP contribution in [0.15, 0.2) is 66.0 Å². The lowest BCUT2D eigenvalue weighted by molar-refractivity contribution is -0.149. The molecular weight excluding hydrogens is 396 g/mol. The number of hydrogen-bond donors (Lipinski definition) is 1. The van der Waals surface area contributed by atoms with E-state index in [0.29, 0.717) is 11.1 Å². The summed E-state index contributed by atoms with van der Waals surface area (Å²) in [5.74, 6) is -1.81. The van der Waals surface area contributed by atoms with E-state index < -0.39 is 24.0 Å². The van der Waals surface area contributed by atoms with Gasteiger partial charge in [0.15, 0.2) is 5.54 Å². The molecule has 2 heterocycles. The fraction of sp³-hybridized carbons (Fsp3) is 0.217. The predicted octanol–water partition coefficient (Wildman–Crippen LogP) is 1.64. The molecule has 8 heteroatoms. The van der Waals surface area contributed by atoms with Gasteiger partial charge in [0.25, 0.3) is 11.8 Å². The van der Waals surface area contributed by atoms with Crippen LogP contribution in [0.25, 0.3) is 0 Å². The summed E-state index contributed by atoms with van der Waals surface area (Å²) in [4.78, 5) is 41.7. The van der Waals surface area contributed by atoms with Gasteiger partial charge in [0.1, 0.15) is 24.0 Å². The minimum absolute atomic E-state index is 0.0731. The summed E-state index contributed by atoms with van der Waals surface area (Å²) in [6.45, 7) is 1.44. The summed E-state index contributed by atoms with van der Waals surface area (Å²) in [5.41, 5.74) is 5.89. The Bertz CT molecular complexity index is 1150. The van der Waals surface area contributed by atoms with Crippen molar-refractivity contribution in [2.24, 2.45) is 5.73 Å². The van der Waals surface area contributed by atoms with E-state index >= 15 is 0 Å². The number of esters is 1. The zero-order valence-electron chi connectivity index (χ0n) is 16.9. The second-order valence-electron chi connectivity index (χ2n) is 7.20. The van der Waals surface area contributed by atoms with Crippen LogP contribution in [0.5, 0.6) is 0 Å². The molecule has 8 nitrogen and oxygen atoms in total. The molecule has 0 unspecified atom stereocenters. The van der Waals surface area contributed by atoms with Gasteiger partial charge in [0, 0.05) is 17.7 Å². The standard InChI is InChI=1S/C23H20N4O4/c1-2-31-19(28)14-26-20(25)18(12-24)23(22(26)30)17-11-7-6-10-16(17)21(29)27(23)13-15-8-4-3-5-9-15/h3-11H,2,13-14,25H2,1H3/t23-/m1/s1. The summed E-state index contributed by atoms with van der Waals surface area (Å²) < 4.78 is 4.96. The average Bonchev–Trinajstić information content (AvgIpc) is 3.14. The summed E-state index contributed by atoms with van der Waals surface area (Å²) in [5, 5.41) is 10.0. The molecule has 0 radical (unpaired) electrons. The van der Waals surface area contributed by atoms with Crippen LogP contribution in [-0.2, 0) is 26.4 Å². The van der Waals surface area contributed by atoms with Gasteiger partial charge in [-0.1, -0.05) is 48.5 Å². The monoisotopic (exact) mass is 416 g/mol. The number of amides is 2. The van der Waals surface area contributed by atoms with Gasteiger partial charge in [-0.05, 0) is 18.6 Å². The first-order valence-corrected chi connectivity index (χ1v) is 9.80. The maximum Gasteiger partial charge on any atom is 0.326 e. The average molecular weight is 416 g/mol. The molecule has 4 rings (SSSR count). The number of ether oxygens (including phenoxy) is 1. The topological polar surface area (TPSA) is 117 Å². The van der Waals surface area contributed by atoms with Crippen LogP contribution >= 0.6 is 0 Å². The first-order chi connectivity index (χ1) is 15.0. The van der Waals surface area contributed by atoms with Gasteiger partial charge in [-0.2, -0.15) is 5.26 Å². The highest BCUT2D eigenvalue weighted by Crippen LogP contribution is 2.50. The van der Waals surface area contributed by atoms with Crippen molar-refractivity contribution in [2.75, 3.05) is 13.2 Å². The molecule has 0 bridgehead atoms. The van der Waals surface area contributed by atoms with Crippen LogP contribution in [0.1, 0.15) is 28.4 Å². The highest BCUT2D eigenvalue weighted by molar-refractivity contribution is 6.11. The number of hydrogen-bond acceptors (Lipinski definition) is 6. The Hall–Kier alpha value is -4.12. The molecule has 2 aromatic carbocycles. The molecule has 2 aliphatic heterocycles. The molecule has 156 valence electrons. The van der Waals surface area contributed by atoms with Crippen LogP contribution < -0.4 is 5.73 Å². The smallest absolute Gasteiger partial charge is 0.326 e. The van der Waals surface area contributed by atoms with Gasteiger partial charge in [0.05, 0.1) is 6.61 Å². The van der Waals surface area contributed by atoms with Crippen LogP contribution in [-0.4, -0.2) is 40.7 Å². The molecule has 1 spiro atoms. The number of nitrogens with two attached hydrogens (primary N) is 1. The second-order valence-corrected chi connectivity index (χ2v) is 7.20. The summed E-state index contributed by atoms with van der Waals surface area (Å²) in [7, 11) is 0. The highest BCUT2D eigenvalue weighted by Gasteiger charge is 2.64. The molecule has 2 aliphatic rings. The Morgan fingerprint density at radius 3 is 2.48 bits per heavy atom. The van der Waals surface area contributed by atoms with Crippen molar-refractivity contribution < 1.29 is 19.1 Å². The molecule has 0 aromatic heterocycles. The molecule has 0 saturated carbocycles. The molecular formula is C23H20N4O4. The van der Waals surface area contributed by atoms with E-state index in [1.165, 1.54) is 4.90 Å². The van der Waals surface area contributed by atoms with Gasteiger partial charge in [-0.3, -0.25) is 19.3 Å². The fourth-order valence-corrected chi connectivity index (χ4v) is 4.25. The second kappa shape index (κ2) is 7.61. The third-order valence-corrected chi connectivity index (χ3v) is 5.55. The highest BCUT2D eigenvalue weighted by atomic mass is 16.5.